The summed E-state index contributed by atoms with van der Waals surface area (Å²) in [7, 11) is 2.09. The molecule has 2 aromatic carbocycles. The van der Waals surface area contributed by atoms with Crippen LogP contribution in [0.2, 0.25) is 5.02 Å². The molecule has 0 fully saturated rings. The fourth-order valence-electron chi connectivity index (χ4n) is 2.46. The van der Waals surface area contributed by atoms with Gasteiger partial charge in [-0.3, -0.25) is 0 Å². The highest BCUT2D eigenvalue weighted by molar-refractivity contribution is 6.33. The van der Waals surface area contributed by atoms with Crippen LogP contribution in [-0.4, -0.2) is 23.5 Å². The molecule has 0 aliphatic heterocycles. The Labute approximate surface area is 141 Å². The number of likely N-dealkylation sites (N-methyl/N-ethyl adjacent to an activating group) is 1. The molecule has 118 valence electrons. The van der Waals surface area contributed by atoms with Gasteiger partial charge in [0.05, 0.1) is 16.3 Å². The first-order valence-corrected chi connectivity index (χ1v) is 8.02. The van der Waals surface area contributed by atoms with Crippen LogP contribution >= 0.6 is 11.6 Å². The lowest BCUT2D eigenvalue weighted by Gasteiger charge is -2.14. The Morgan fingerprint density at radius 2 is 1.78 bits per heavy atom. The normalized spacial score (nSPS) is 11.1. The van der Waals surface area contributed by atoms with E-state index < -0.39 is 0 Å². The molecule has 0 saturated heterocycles. The first-order chi connectivity index (χ1) is 11.2. The second-order valence-electron chi connectivity index (χ2n) is 5.60. The van der Waals surface area contributed by atoms with Crippen molar-refractivity contribution < 1.29 is 4.42 Å². The standard InChI is InChI=1S/C19H19ClN2O/c1-22(12-11-15-7-3-2-4-8-15)13-16-14-23-19(21-16)17-9-5-6-10-18(17)20/h2-10,14H,11-13H2,1H3. The summed E-state index contributed by atoms with van der Waals surface area (Å²) in [5, 5.41) is 0.651. The Morgan fingerprint density at radius 1 is 1.04 bits per heavy atom. The maximum absolute atomic E-state index is 6.18. The van der Waals surface area contributed by atoms with E-state index in [0.29, 0.717) is 10.9 Å². The van der Waals surface area contributed by atoms with Gasteiger partial charge in [-0.1, -0.05) is 54.1 Å². The molecule has 3 rings (SSSR count). The second kappa shape index (κ2) is 7.44. The average Bonchev–Trinajstić information content (AvgIpc) is 3.02. The monoisotopic (exact) mass is 326 g/mol. The van der Waals surface area contributed by atoms with Crippen molar-refractivity contribution in [2.24, 2.45) is 0 Å². The van der Waals surface area contributed by atoms with E-state index in [0.717, 1.165) is 30.8 Å². The number of hydrogen-bond donors (Lipinski definition) is 0. The number of halogens is 1. The van der Waals surface area contributed by atoms with Gasteiger partial charge in [0.25, 0.3) is 0 Å². The smallest absolute Gasteiger partial charge is 0.227 e. The van der Waals surface area contributed by atoms with Gasteiger partial charge < -0.3 is 9.32 Å². The van der Waals surface area contributed by atoms with Gasteiger partial charge in [0.15, 0.2) is 0 Å². The minimum Gasteiger partial charge on any atom is -0.444 e. The van der Waals surface area contributed by atoms with E-state index in [4.69, 9.17) is 16.0 Å². The predicted octanol–water partition coefficient (Wildman–Crippen LogP) is 4.67. The molecule has 23 heavy (non-hydrogen) atoms. The number of aromatic nitrogens is 1. The fraction of sp³-hybridized carbons (Fsp3) is 0.211. The molecule has 1 heterocycles. The van der Waals surface area contributed by atoms with Crippen LogP contribution in [-0.2, 0) is 13.0 Å². The molecule has 0 aliphatic rings. The van der Waals surface area contributed by atoms with Gasteiger partial charge in [0.2, 0.25) is 5.89 Å². The van der Waals surface area contributed by atoms with Crippen LogP contribution in [0.15, 0.2) is 65.3 Å². The highest BCUT2D eigenvalue weighted by atomic mass is 35.5. The lowest BCUT2D eigenvalue weighted by atomic mass is 10.1. The van der Waals surface area contributed by atoms with Gasteiger partial charge in [-0.25, -0.2) is 4.98 Å². The van der Waals surface area contributed by atoms with Crippen LogP contribution in [0, 0.1) is 0 Å². The third kappa shape index (κ3) is 4.21. The summed E-state index contributed by atoms with van der Waals surface area (Å²) < 4.78 is 5.57. The van der Waals surface area contributed by atoms with E-state index in [1.807, 2.05) is 30.3 Å². The zero-order chi connectivity index (χ0) is 16.1. The molecule has 0 amide bonds. The molecule has 1 aromatic heterocycles. The van der Waals surface area contributed by atoms with Gasteiger partial charge in [-0.2, -0.15) is 0 Å². The molecule has 0 N–H and O–H groups in total. The van der Waals surface area contributed by atoms with E-state index in [9.17, 15) is 0 Å². The Hall–Kier alpha value is -2.10. The molecule has 4 heteroatoms. The van der Waals surface area contributed by atoms with Crippen LogP contribution in [0.5, 0.6) is 0 Å². The van der Waals surface area contributed by atoms with Crippen molar-refractivity contribution in [3.8, 4) is 11.5 Å². The molecule has 0 spiro atoms. The van der Waals surface area contributed by atoms with Crippen molar-refractivity contribution in [3.63, 3.8) is 0 Å². The molecule has 0 bridgehead atoms. The topological polar surface area (TPSA) is 29.3 Å². The van der Waals surface area contributed by atoms with E-state index in [1.54, 1.807) is 6.26 Å². The van der Waals surface area contributed by atoms with E-state index in [-0.39, 0.29) is 0 Å². The SMILES string of the molecule is CN(CCc1ccccc1)Cc1coc(-c2ccccc2Cl)n1. The number of hydrogen-bond acceptors (Lipinski definition) is 3. The van der Waals surface area contributed by atoms with E-state index >= 15 is 0 Å². The molecule has 0 unspecified atom stereocenters. The Balaban J connectivity index is 1.59. The van der Waals surface area contributed by atoms with Gasteiger partial charge in [0, 0.05) is 13.1 Å². The van der Waals surface area contributed by atoms with Crippen LogP contribution in [0.1, 0.15) is 11.3 Å². The maximum Gasteiger partial charge on any atom is 0.227 e. The molecule has 0 radical (unpaired) electrons. The van der Waals surface area contributed by atoms with E-state index in [2.05, 4.69) is 41.2 Å². The Bertz CT molecular complexity index is 755. The van der Waals surface area contributed by atoms with Crippen molar-refractivity contribution in [2.45, 2.75) is 13.0 Å². The Morgan fingerprint density at radius 3 is 2.57 bits per heavy atom. The second-order valence-corrected chi connectivity index (χ2v) is 6.00. The third-order valence-electron chi connectivity index (χ3n) is 3.71. The summed E-state index contributed by atoms with van der Waals surface area (Å²) in [6.07, 6.45) is 2.73. The van der Waals surface area contributed by atoms with Crippen molar-refractivity contribution in [3.05, 3.63) is 77.1 Å². The zero-order valence-corrected chi connectivity index (χ0v) is 13.8. The minimum atomic E-state index is 0.571. The van der Waals surface area contributed by atoms with Gasteiger partial charge in [-0.05, 0) is 31.2 Å². The summed E-state index contributed by atoms with van der Waals surface area (Å²) >= 11 is 6.18. The summed E-state index contributed by atoms with van der Waals surface area (Å²) in [6.45, 7) is 1.72. The average molecular weight is 327 g/mol. The summed E-state index contributed by atoms with van der Waals surface area (Å²) in [6, 6.07) is 18.1. The molecule has 0 saturated carbocycles. The number of oxazole rings is 1. The van der Waals surface area contributed by atoms with Gasteiger partial charge in [-0.15, -0.1) is 0 Å². The lowest BCUT2D eigenvalue weighted by molar-refractivity contribution is 0.327. The third-order valence-corrected chi connectivity index (χ3v) is 4.04. The Kier molecular flexibility index (Phi) is 5.11. The van der Waals surface area contributed by atoms with Crippen LogP contribution in [0.3, 0.4) is 0 Å². The molecule has 3 aromatic rings. The van der Waals surface area contributed by atoms with E-state index in [1.165, 1.54) is 5.56 Å². The molecule has 0 atom stereocenters. The van der Waals surface area contributed by atoms with Crippen molar-refractivity contribution >= 4 is 11.6 Å². The van der Waals surface area contributed by atoms with Crippen molar-refractivity contribution in [1.82, 2.24) is 9.88 Å². The van der Waals surface area contributed by atoms with Crippen LogP contribution < -0.4 is 0 Å². The van der Waals surface area contributed by atoms with Gasteiger partial charge in [0.1, 0.15) is 6.26 Å². The molecule has 0 aliphatic carbocycles. The minimum absolute atomic E-state index is 0.571. The number of nitrogens with zero attached hydrogens (tertiary/aromatic N) is 2. The quantitative estimate of drug-likeness (QED) is 0.659. The molecular formula is C19H19ClN2O. The van der Waals surface area contributed by atoms with Crippen molar-refractivity contribution in [2.75, 3.05) is 13.6 Å². The summed E-state index contributed by atoms with van der Waals surface area (Å²) in [4.78, 5) is 6.78. The zero-order valence-electron chi connectivity index (χ0n) is 13.1. The summed E-state index contributed by atoms with van der Waals surface area (Å²) in [5.74, 6) is 0.571. The van der Waals surface area contributed by atoms with Gasteiger partial charge >= 0.3 is 0 Å². The van der Waals surface area contributed by atoms with Crippen molar-refractivity contribution in [1.29, 1.82) is 0 Å². The first kappa shape index (κ1) is 15.8. The maximum atomic E-state index is 6.18. The first-order valence-electron chi connectivity index (χ1n) is 7.64. The van der Waals surface area contributed by atoms with Crippen LogP contribution in [0.25, 0.3) is 11.5 Å². The largest absolute Gasteiger partial charge is 0.444 e. The lowest BCUT2D eigenvalue weighted by Crippen LogP contribution is -2.20. The number of benzene rings is 2. The summed E-state index contributed by atoms with van der Waals surface area (Å²) in [5.41, 5.74) is 3.08. The van der Waals surface area contributed by atoms with Crippen LogP contribution in [0.4, 0.5) is 0 Å². The number of rotatable bonds is 6. The fourth-order valence-corrected chi connectivity index (χ4v) is 2.67. The molecule has 3 nitrogen and oxygen atoms in total. The molecular weight excluding hydrogens is 308 g/mol. The predicted molar refractivity (Wildman–Crippen MR) is 93.4 cm³/mol. The highest BCUT2D eigenvalue weighted by Gasteiger charge is 2.11. The highest BCUT2D eigenvalue weighted by Crippen LogP contribution is 2.26.